The number of rotatable bonds is 7. The number of unbranched alkanes of at least 4 members (excludes halogenated alkanes) is 2. The van der Waals surface area contributed by atoms with Crippen molar-refractivity contribution < 1.29 is 4.79 Å². The summed E-state index contributed by atoms with van der Waals surface area (Å²) in [4.78, 5) is 11.4. The SMILES string of the molecule is CC(C)CCCCCNC(=O)NCC(C)(C)C. The second kappa shape index (κ2) is 8.37. The van der Waals surface area contributed by atoms with Gasteiger partial charge in [-0.3, -0.25) is 0 Å². The molecule has 2 amide bonds. The van der Waals surface area contributed by atoms with E-state index in [1.165, 1.54) is 19.3 Å². The van der Waals surface area contributed by atoms with Crippen molar-refractivity contribution in [2.75, 3.05) is 13.1 Å². The van der Waals surface area contributed by atoms with Crippen LogP contribution >= 0.6 is 0 Å². The minimum absolute atomic E-state index is 0.0382. The van der Waals surface area contributed by atoms with E-state index < -0.39 is 0 Å². The Morgan fingerprint density at radius 3 is 2.24 bits per heavy atom. The van der Waals surface area contributed by atoms with Crippen molar-refractivity contribution in [3.63, 3.8) is 0 Å². The highest BCUT2D eigenvalue weighted by molar-refractivity contribution is 5.73. The van der Waals surface area contributed by atoms with Gasteiger partial charge in [-0.2, -0.15) is 0 Å². The maximum absolute atomic E-state index is 11.4. The largest absolute Gasteiger partial charge is 0.338 e. The summed E-state index contributed by atoms with van der Waals surface area (Å²) < 4.78 is 0. The molecule has 0 aliphatic heterocycles. The summed E-state index contributed by atoms with van der Waals surface area (Å²) in [6.07, 6.45) is 4.84. The molecule has 0 atom stereocenters. The summed E-state index contributed by atoms with van der Waals surface area (Å²) in [5, 5.41) is 5.78. The molecule has 0 saturated carbocycles. The fourth-order valence-electron chi connectivity index (χ4n) is 1.46. The van der Waals surface area contributed by atoms with Crippen LogP contribution in [-0.4, -0.2) is 19.1 Å². The molecule has 2 N–H and O–H groups in total. The van der Waals surface area contributed by atoms with Crippen LogP contribution in [0.5, 0.6) is 0 Å². The molecule has 0 rings (SSSR count). The highest BCUT2D eigenvalue weighted by Gasteiger charge is 2.11. The van der Waals surface area contributed by atoms with E-state index in [9.17, 15) is 4.79 Å². The van der Waals surface area contributed by atoms with E-state index in [1.807, 2.05) is 0 Å². The molecule has 0 spiro atoms. The highest BCUT2D eigenvalue weighted by atomic mass is 16.2. The first-order valence-electron chi connectivity index (χ1n) is 6.83. The second-order valence-electron chi connectivity index (χ2n) is 6.41. The van der Waals surface area contributed by atoms with Crippen LogP contribution in [0.15, 0.2) is 0 Å². The summed E-state index contributed by atoms with van der Waals surface area (Å²) in [5.41, 5.74) is 0.147. The Morgan fingerprint density at radius 2 is 1.71 bits per heavy atom. The number of carbonyl (C=O) groups excluding carboxylic acids is 1. The first kappa shape index (κ1) is 16.3. The first-order valence-corrected chi connectivity index (χ1v) is 6.83. The molecule has 0 radical (unpaired) electrons. The Hall–Kier alpha value is -0.730. The zero-order chi connectivity index (χ0) is 13.3. The molecule has 0 aliphatic carbocycles. The molecule has 0 saturated heterocycles. The maximum Gasteiger partial charge on any atom is 0.314 e. The quantitative estimate of drug-likeness (QED) is 0.659. The van der Waals surface area contributed by atoms with E-state index in [4.69, 9.17) is 0 Å². The molecule has 0 heterocycles. The predicted molar refractivity (Wildman–Crippen MR) is 74.2 cm³/mol. The molecule has 3 nitrogen and oxygen atoms in total. The third-order valence-corrected chi connectivity index (χ3v) is 2.52. The molecule has 3 heteroatoms. The standard InChI is InChI=1S/C14H30N2O/c1-12(2)9-7-6-8-10-15-13(17)16-11-14(3,4)5/h12H,6-11H2,1-5H3,(H2,15,16,17). The number of amides is 2. The van der Waals surface area contributed by atoms with Crippen LogP contribution in [0.1, 0.15) is 60.3 Å². The van der Waals surface area contributed by atoms with Crippen molar-refractivity contribution in [2.24, 2.45) is 11.3 Å². The molecular weight excluding hydrogens is 212 g/mol. The average Bonchev–Trinajstić information content (AvgIpc) is 2.19. The number of carbonyl (C=O) groups is 1. The molecule has 0 bridgehead atoms. The van der Waals surface area contributed by atoms with E-state index in [0.717, 1.165) is 18.9 Å². The van der Waals surface area contributed by atoms with Crippen LogP contribution in [0.2, 0.25) is 0 Å². The predicted octanol–water partition coefficient (Wildman–Crippen LogP) is 3.55. The van der Waals surface area contributed by atoms with Gasteiger partial charge in [-0.1, -0.05) is 53.9 Å². The minimum Gasteiger partial charge on any atom is -0.338 e. The molecule has 0 aromatic carbocycles. The summed E-state index contributed by atoms with van der Waals surface area (Å²) in [5.74, 6) is 0.790. The van der Waals surface area contributed by atoms with E-state index in [2.05, 4.69) is 45.3 Å². The van der Waals surface area contributed by atoms with Crippen molar-refractivity contribution >= 4 is 6.03 Å². The number of hydrogen-bond donors (Lipinski definition) is 2. The first-order chi connectivity index (χ1) is 7.81. The maximum atomic E-state index is 11.4. The molecule has 0 aromatic heterocycles. The Balaban J connectivity index is 3.34. The molecule has 102 valence electrons. The topological polar surface area (TPSA) is 41.1 Å². The minimum atomic E-state index is -0.0382. The van der Waals surface area contributed by atoms with Gasteiger partial charge < -0.3 is 10.6 Å². The summed E-state index contributed by atoms with van der Waals surface area (Å²) in [6, 6.07) is -0.0382. The van der Waals surface area contributed by atoms with Crippen molar-refractivity contribution in [1.82, 2.24) is 10.6 Å². The van der Waals surface area contributed by atoms with Gasteiger partial charge in [-0.05, 0) is 17.8 Å². The van der Waals surface area contributed by atoms with Gasteiger partial charge in [0.15, 0.2) is 0 Å². The zero-order valence-electron chi connectivity index (χ0n) is 12.2. The number of nitrogens with one attached hydrogen (secondary N) is 2. The van der Waals surface area contributed by atoms with Crippen molar-refractivity contribution in [3.05, 3.63) is 0 Å². The van der Waals surface area contributed by atoms with Crippen LogP contribution in [0.4, 0.5) is 4.79 Å². The Kier molecular flexibility index (Phi) is 8.01. The fourth-order valence-corrected chi connectivity index (χ4v) is 1.46. The zero-order valence-corrected chi connectivity index (χ0v) is 12.2. The van der Waals surface area contributed by atoms with Crippen molar-refractivity contribution in [2.45, 2.75) is 60.3 Å². The van der Waals surface area contributed by atoms with Crippen LogP contribution in [-0.2, 0) is 0 Å². The van der Waals surface area contributed by atoms with Crippen LogP contribution in [0.3, 0.4) is 0 Å². The van der Waals surface area contributed by atoms with E-state index in [0.29, 0.717) is 6.54 Å². The third kappa shape index (κ3) is 13.2. The number of hydrogen-bond acceptors (Lipinski definition) is 1. The summed E-state index contributed by atoms with van der Waals surface area (Å²) in [7, 11) is 0. The highest BCUT2D eigenvalue weighted by Crippen LogP contribution is 2.10. The van der Waals surface area contributed by atoms with Crippen LogP contribution in [0.25, 0.3) is 0 Å². The van der Waals surface area contributed by atoms with Crippen molar-refractivity contribution in [3.8, 4) is 0 Å². The summed E-state index contributed by atoms with van der Waals surface area (Å²) >= 11 is 0. The molecule has 0 fully saturated rings. The smallest absolute Gasteiger partial charge is 0.314 e. The Morgan fingerprint density at radius 1 is 1.06 bits per heavy atom. The van der Waals surface area contributed by atoms with Crippen molar-refractivity contribution in [1.29, 1.82) is 0 Å². The van der Waals surface area contributed by atoms with Gasteiger partial charge in [-0.15, -0.1) is 0 Å². The lowest BCUT2D eigenvalue weighted by molar-refractivity contribution is 0.235. The number of urea groups is 1. The van der Waals surface area contributed by atoms with Gasteiger partial charge in [0, 0.05) is 13.1 Å². The van der Waals surface area contributed by atoms with Crippen LogP contribution < -0.4 is 10.6 Å². The third-order valence-electron chi connectivity index (χ3n) is 2.52. The van der Waals surface area contributed by atoms with Gasteiger partial charge in [0.25, 0.3) is 0 Å². The lowest BCUT2D eigenvalue weighted by Gasteiger charge is -2.18. The fraction of sp³-hybridized carbons (Fsp3) is 0.929. The Labute approximate surface area is 107 Å². The van der Waals surface area contributed by atoms with Crippen LogP contribution in [0, 0.1) is 11.3 Å². The molecule has 0 unspecified atom stereocenters. The van der Waals surface area contributed by atoms with E-state index >= 15 is 0 Å². The molecule has 0 aliphatic rings. The van der Waals surface area contributed by atoms with Gasteiger partial charge >= 0.3 is 6.03 Å². The summed E-state index contributed by atoms with van der Waals surface area (Å²) in [6.45, 7) is 12.3. The lowest BCUT2D eigenvalue weighted by Crippen LogP contribution is -2.40. The van der Waals surface area contributed by atoms with E-state index in [1.54, 1.807) is 0 Å². The molecular formula is C14H30N2O. The lowest BCUT2D eigenvalue weighted by atomic mass is 9.97. The Bertz CT molecular complexity index is 207. The average molecular weight is 242 g/mol. The van der Waals surface area contributed by atoms with Gasteiger partial charge in [0.1, 0.15) is 0 Å². The van der Waals surface area contributed by atoms with Gasteiger partial charge in [0.2, 0.25) is 0 Å². The monoisotopic (exact) mass is 242 g/mol. The van der Waals surface area contributed by atoms with E-state index in [-0.39, 0.29) is 11.4 Å². The molecule has 17 heavy (non-hydrogen) atoms. The van der Waals surface area contributed by atoms with Gasteiger partial charge in [0.05, 0.1) is 0 Å². The second-order valence-corrected chi connectivity index (χ2v) is 6.41. The normalized spacial score (nSPS) is 11.6. The molecule has 0 aromatic rings. The van der Waals surface area contributed by atoms with Gasteiger partial charge in [-0.25, -0.2) is 4.79 Å².